The number of carbonyl (C=O) groups is 1. The van der Waals surface area contributed by atoms with Crippen molar-refractivity contribution in [1.82, 2.24) is 0 Å². The lowest BCUT2D eigenvalue weighted by Gasteiger charge is -1.95. The Morgan fingerprint density at radius 2 is 2.36 bits per heavy atom. The van der Waals surface area contributed by atoms with Gasteiger partial charge < -0.3 is 9.84 Å². The van der Waals surface area contributed by atoms with Crippen molar-refractivity contribution < 1.29 is 14.6 Å². The third-order valence-corrected chi connectivity index (χ3v) is 1.32. The summed E-state index contributed by atoms with van der Waals surface area (Å²) in [6.07, 6.45) is 2.25. The number of ether oxygens (including phenoxy) is 1. The predicted molar refractivity (Wildman–Crippen MR) is 45.8 cm³/mol. The number of hydrogen-bond donors (Lipinski definition) is 2. The van der Waals surface area contributed by atoms with Crippen LogP contribution in [-0.2, 0) is 9.53 Å². The van der Waals surface area contributed by atoms with Gasteiger partial charge in [-0.1, -0.05) is 6.08 Å². The topological polar surface area (TPSA) is 46.5 Å². The highest BCUT2D eigenvalue weighted by Crippen LogP contribution is 1.95. The van der Waals surface area contributed by atoms with Gasteiger partial charge in [-0.2, -0.15) is 12.6 Å². The molecule has 0 aromatic heterocycles. The first kappa shape index (κ1) is 10.5. The van der Waals surface area contributed by atoms with Crippen molar-refractivity contribution in [2.75, 3.05) is 12.5 Å². The van der Waals surface area contributed by atoms with E-state index in [4.69, 9.17) is 9.84 Å². The molecule has 0 heterocycles. The van der Waals surface area contributed by atoms with Gasteiger partial charge in [0.25, 0.3) is 0 Å². The molecule has 0 atom stereocenters. The molecule has 4 heteroatoms. The smallest absolute Gasteiger partial charge is 0.330 e. The summed E-state index contributed by atoms with van der Waals surface area (Å²) < 4.78 is 4.89. The van der Waals surface area contributed by atoms with Gasteiger partial charge in [-0.3, -0.25) is 0 Å². The molecule has 0 aliphatic rings. The maximum atomic E-state index is 10.2. The van der Waals surface area contributed by atoms with Crippen LogP contribution in [0.4, 0.5) is 0 Å². The number of hydrogen-bond acceptors (Lipinski definition) is 3. The molecule has 0 rings (SSSR count). The summed E-state index contributed by atoms with van der Waals surface area (Å²) in [5, 5.41) is 8.41. The van der Waals surface area contributed by atoms with Gasteiger partial charge in [0.2, 0.25) is 0 Å². The van der Waals surface area contributed by atoms with Crippen LogP contribution in [0.5, 0.6) is 0 Å². The molecule has 0 bridgehead atoms. The van der Waals surface area contributed by atoms with Gasteiger partial charge in [0.15, 0.2) is 0 Å². The highest BCUT2D eigenvalue weighted by molar-refractivity contribution is 7.80. The quantitative estimate of drug-likeness (QED) is 0.287. The molecule has 0 spiro atoms. The maximum Gasteiger partial charge on any atom is 0.330 e. The minimum Gasteiger partial charge on any atom is -0.478 e. The average molecular weight is 176 g/mol. The van der Waals surface area contributed by atoms with E-state index in [1.807, 2.05) is 0 Å². The largest absolute Gasteiger partial charge is 0.478 e. The summed E-state index contributed by atoms with van der Waals surface area (Å²) in [4.78, 5) is 10.2. The summed E-state index contributed by atoms with van der Waals surface area (Å²) >= 11 is 3.83. The molecule has 0 aromatic rings. The SMILES string of the molecule is CC(=CCCOCS)C(=O)O. The monoisotopic (exact) mass is 176 g/mol. The summed E-state index contributed by atoms with van der Waals surface area (Å²) in [6, 6.07) is 0. The second kappa shape index (κ2) is 6.24. The van der Waals surface area contributed by atoms with Crippen LogP contribution in [0.3, 0.4) is 0 Å². The summed E-state index contributed by atoms with van der Waals surface area (Å²) in [6.45, 7) is 2.08. The first-order chi connectivity index (χ1) is 5.18. The second-order valence-corrected chi connectivity index (χ2v) is 2.28. The lowest BCUT2D eigenvalue weighted by Crippen LogP contribution is -1.97. The molecule has 64 valence electrons. The fourth-order valence-electron chi connectivity index (χ4n) is 0.511. The predicted octanol–water partition coefficient (Wildman–Crippen LogP) is 1.31. The summed E-state index contributed by atoms with van der Waals surface area (Å²) in [7, 11) is 0. The van der Waals surface area contributed by atoms with Crippen LogP contribution in [0.25, 0.3) is 0 Å². The van der Waals surface area contributed by atoms with Gasteiger partial charge in [0.05, 0.1) is 12.5 Å². The molecule has 0 aromatic carbocycles. The lowest BCUT2D eigenvalue weighted by molar-refractivity contribution is -0.132. The van der Waals surface area contributed by atoms with Crippen LogP contribution in [0.1, 0.15) is 13.3 Å². The molecule has 0 unspecified atom stereocenters. The van der Waals surface area contributed by atoms with Crippen LogP contribution >= 0.6 is 12.6 Å². The zero-order valence-corrected chi connectivity index (χ0v) is 7.30. The van der Waals surface area contributed by atoms with Crippen LogP contribution in [0.15, 0.2) is 11.6 Å². The van der Waals surface area contributed by atoms with Crippen molar-refractivity contribution in [1.29, 1.82) is 0 Å². The fraction of sp³-hybridized carbons (Fsp3) is 0.571. The van der Waals surface area contributed by atoms with Crippen molar-refractivity contribution in [3.05, 3.63) is 11.6 Å². The van der Waals surface area contributed by atoms with E-state index in [2.05, 4.69) is 12.6 Å². The molecule has 0 saturated carbocycles. The van der Waals surface area contributed by atoms with Gasteiger partial charge in [-0.25, -0.2) is 4.79 Å². The van der Waals surface area contributed by atoms with Crippen molar-refractivity contribution in [2.45, 2.75) is 13.3 Å². The van der Waals surface area contributed by atoms with Gasteiger partial charge in [0, 0.05) is 5.57 Å². The molecule has 0 aliphatic heterocycles. The molecule has 0 aliphatic carbocycles. The van der Waals surface area contributed by atoms with Crippen LogP contribution in [0.2, 0.25) is 0 Å². The Kier molecular flexibility index (Phi) is 5.97. The lowest BCUT2D eigenvalue weighted by atomic mass is 10.2. The molecule has 0 radical (unpaired) electrons. The van der Waals surface area contributed by atoms with Crippen LogP contribution in [0, 0.1) is 0 Å². The van der Waals surface area contributed by atoms with Crippen molar-refractivity contribution >= 4 is 18.6 Å². The minimum absolute atomic E-state index is 0.354. The van der Waals surface area contributed by atoms with Crippen molar-refractivity contribution in [3.8, 4) is 0 Å². The number of carboxylic acids is 1. The molecule has 11 heavy (non-hydrogen) atoms. The summed E-state index contributed by atoms with van der Waals surface area (Å²) in [5.74, 6) is -0.504. The number of aliphatic carboxylic acids is 1. The Balaban J connectivity index is 3.48. The second-order valence-electron chi connectivity index (χ2n) is 2.02. The van der Waals surface area contributed by atoms with E-state index in [1.165, 1.54) is 0 Å². The first-order valence-corrected chi connectivity index (χ1v) is 3.90. The number of carboxylic acid groups (broad SMARTS) is 1. The minimum atomic E-state index is -0.879. The Morgan fingerprint density at radius 1 is 1.73 bits per heavy atom. The standard InChI is InChI=1S/C7H12O3S/c1-6(7(8)9)3-2-4-10-5-11/h3,11H,2,4-5H2,1H3,(H,8,9). The molecule has 1 N–H and O–H groups in total. The van der Waals surface area contributed by atoms with E-state index in [-0.39, 0.29) is 0 Å². The third-order valence-electron chi connectivity index (χ3n) is 1.14. The highest BCUT2D eigenvalue weighted by Gasteiger charge is 1.96. The van der Waals surface area contributed by atoms with E-state index in [0.717, 1.165) is 0 Å². The van der Waals surface area contributed by atoms with E-state index >= 15 is 0 Å². The van der Waals surface area contributed by atoms with E-state index in [0.29, 0.717) is 24.5 Å². The van der Waals surface area contributed by atoms with Crippen LogP contribution in [-0.4, -0.2) is 23.6 Å². The zero-order valence-electron chi connectivity index (χ0n) is 6.41. The zero-order chi connectivity index (χ0) is 8.69. The van der Waals surface area contributed by atoms with Crippen molar-refractivity contribution in [3.63, 3.8) is 0 Å². The fourth-order valence-corrected chi connectivity index (χ4v) is 0.640. The molecular weight excluding hydrogens is 164 g/mol. The average Bonchev–Trinajstić information content (AvgIpc) is 1.97. The van der Waals surface area contributed by atoms with Gasteiger partial charge in [-0.05, 0) is 13.3 Å². The highest BCUT2D eigenvalue weighted by atomic mass is 32.1. The maximum absolute atomic E-state index is 10.2. The van der Waals surface area contributed by atoms with E-state index in [1.54, 1.807) is 13.0 Å². The third kappa shape index (κ3) is 5.94. The number of thiol groups is 1. The van der Waals surface area contributed by atoms with Gasteiger partial charge >= 0.3 is 5.97 Å². The van der Waals surface area contributed by atoms with Crippen LogP contribution < -0.4 is 0 Å². The first-order valence-electron chi connectivity index (χ1n) is 3.27. The molecule has 0 amide bonds. The van der Waals surface area contributed by atoms with Gasteiger partial charge in [-0.15, -0.1) is 0 Å². The van der Waals surface area contributed by atoms with E-state index < -0.39 is 5.97 Å². The molecular formula is C7H12O3S. The van der Waals surface area contributed by atoms with Gasteiger partial charge in [0.1, 0.15) is 0 Å². The van der Waals surface area contributed by atoms with E-state index in [9.17, 15) is 4.79 Å². The molecule has 0 fully saturated rings. The summed E-state index contributed by atoms with van der Waals surface area (Å²) in [5.41, 5.74) is 0.354. The Hall–Kier alpha value is -0.480. The Bertz CT molecular complexity index is 154. The van der Waals surface area contributed by atoms with Crippen molar-refractivity contribution in [2.24, 2.45) is 0 Å². The Morgan fingerprint density at radius 3 is 2.82 bits per heavy atom. The normalized spacial score (nSPS) is 11.6. The Labute approximate surface area is 71.5 Å². The number of rotatable bonds is 5. The molecule has 0 saturated heterocycles. The molecule has 3 nitrogen and oxygen atoms in total.